The van der Waals surface area contributed by atoms with E-state index in [9.17, 15) is 9.59 Å². The van der Waals surface area contributed by atoms with E-state index in [1.54, 1.807) is 0 Å². The van der Waals surface area contributed by atoms with E-state index in [4.69, 9.17) is 16.7 Å². The monoisotopic (exact) mass is 367 g/mol. The Hall–Kier alpha value is -1.63. The van der Waals surface area contributed by atoms with Gasteiger partial charge in [0.15, 0.2) is 0 Å². The lowest BCUT2D eigenvalue weighted by Crippen LogP contribution is -2.48. The first-order valence-corrected chi connectivity index (χ1v) is 9.01. The maximum absolute atomic E-state index is 12.2. The van der Waals surface area contributed by atoms with Gasteiger partial charge in [-0.15, -0.1) is 0 Å². The molecule has 0 unspecified atom stereocenters. The van der Waals surface area contributed by atoms with Crippen molar-refractivity contribution in [2.24, 2.45) is 0 Å². The zero-order valence-corrected chi connectivity index (χ0v) is 15.6. The highest BCUT2D eigenvalue weighted by Gasteiger charge is 2.25. The van der Waals surface area contributed by atoms with Crippen molar-refractivity contribution in [3.63, 3.8) is 0 Å². The molecule has 2 N–H and O–H groups in total. The van der Waals surface area contributed by atoms with E-state index < -0.39 is 5.97 Å². The highest BCUT2D eigenvalue weighted by Crippen LogP contribution is 2.23. The zero-order valence-electron chi connectivity index (χ0n) is 14.8. The Kier molecular flexibility index (Phi) is 7.23. The van der Waals surface area contributed by atoms with Crippen molar-refractivity contribution in [3.8, 4) is 0 Å². The highest BCUT2D eigenvalue weighted by atomic mass is 35.5. The Labute approximate surface area is 153 Å². The number of hydrogen-bond acceptors (Lipinski definition) is 4. The Balaban J connectivity index is 1.81. The molecule has 0 aromatic heterocycles. The van der Waals surface area contributed by atoms with Crippen LogP contribution in [0, 0.1) is 6.92 Å². The van der Waals surface area contributed by atoms with Crippen molar-refractivity contribution in [3.05, 3.63) is 28.8 Å². The number of anilines is 1. The summed E-state index contributed by atoms with van der Waals surface area (Å²) in [5.41, 5.74) is 1.68. The third-order valence-corrected chi connectivity index (χ3v) is 4.90. The van der Waals surface area contributed by atoms with Crippen LogP contribution in [-0.2, 0) is 9.59 Å². The summed E-state index contributed by atoms with van der Waals surface area (Å²) in [6, 6.07) is 5.82. The summed E-state index contributed by atoms with van der Waals surface area (Å²) >= 11 is 6.15. The highest BCUT2D eigenvalue weighted by molar-refractivity contribution is 6.33. The fraction of sp³-hybridized carbons (Fsp3) is 0.556. The number of aryl methyl sites for hydroxylation is 1. The second-order valence-electron chi connectivity index (χ2n) is 6.50. The zero-order chi connectivity index (χ0) is 18.4. The van der Waals surface area contributed by atoms with E-state index in [0.717, 1.165) is 38.0 Å². The average molecular weight is 368 g/mol. The van der Waals surface area contributed by atoms with Crippen LogP contribution in [0.3, 0.4) is 0 Å². The van der Waals surface area contributed by atoms with Gasteiger partial charge in [-0.3, -0.25) is 19.4 Å². The van der Waals surface area contributed by atoms with Gasteiger partial charge in [0.25, 0.3) is 0 Å². The summed E-state index contributed by atoms with van der Waals surface area (Å²) in [5.74, 6) is -0.874. The second-order valence-corrected chi connectivity index (χ2v) is 6.90. The fourth-order valence-electron chi connectivity index (χ4n) is 3.23. The Morgan fingerprint density at radius 2 is 2.04 bits per heavy atom. The van der Waals surface area contributed by atoms with E-state index in [0.29, 0.717) is 17.3 Å². The van der Waals surface area contributed by atoms with Gasteiger partial charge in [0.1, 0.15) is 0 Å². The molecule has 0 bridgehead atoms. The van der Waals surface area contributed by atoms with Crippen LogP contribution < -0.4 is 5.32 Å². The number of carbonyl (C=O) groups is 2. The van der Waals surface area contributed by atoms with Crippen LogP contribution in [0.2, 0.25) is 5.02 Å². The summed E-state index contributed by atoms with van der Waals surface area (Å²) in [5, 5.41) is 12.4. The predicted octanol–water partition coefficient (Wildman–Crippen LogP) is 2.46. The number of nitrogens with zero attached hydrogens (tertiary/aromatic N) is 2. The van der Waals surface area contributed by atoms with Crippen LogP contribution in [0.15, 0.2) is 18.2 Å². The lowest BCUT2D eigenvalue weighted by Gasteiger charge is -2.37. The van der Waals surface area contributed by atoms with Crippen molar-refractivity contribution in [2.45, 2.75) is 32.7 Å². The molecule has 138 valence electrons. The summed E-state index contributed by atoms with van der Waals surface area (Å²) in [6.45, 7) is 6.63. The first-order valence-electron chi connectivity index (χ1n) is 8.63. The third-order valence-electron chi connectivity index (χ3n) is 4.58. The topological polar surface area (TPSA) is 72.9 Å². The van der Waals surface area contributed by atoms with E-state index in [-0.39, 0.29) is 18.5 Å². The van der Waals surface area contributed by atoms with Crippen LogP contribution in [0.4, 0.5) is 5.69 Å². The molecule has 1 fully saturated rings. The SMILES string of the molecule is CCN(CC(=O)O)C1CCN(CC(=O)Nc2ccc(C)cc2Cl)CC1. The van der Waals surface area contributed by atoms with Gasteiger partial charge >= 0.3 is 5.97 Å². The molecule has 1 aromatic carbocycles. The maximum atomic E-state index is 12.2. The van der Waals surface area contributed by atoms with E-state index in [1.165, 1.54) is 0 Å². The number of likely N-dealkylation sites (N-methyl/N-ethyl adjacent to an activating group) is 1. The average Bonchev–Trinajstić information content (AvgIpc) is 2.56. The lowest BCUT2D eigenvalue weighted by atomic mass is 10.0. The van der Waals surface area contributed by atoms with E-state index in [1.807, 2.05) is 36.9 Å². The van der Waals surface area contributed by atoms with E-state index in [2.05, 4.69) is 10.2 Å². The van der Waals surface area contributed by atoms with Crippen LogP contribution in [0.5, 0.6) is 0 Å². The van der Waals surface area contributed by atoms with Gasteiger partial charge in [-0.1, -0.05) is 24.6 Å². The molecule has 0 spiro atoms. The third kappa shape index (κ3) is 5.99. The molecule has 6 nitrogen and oxygen atoms in total. The van der Waals surface area contributed by atoms with Gasteiger partial charge in [0.2, 0.25) is 5.91 Å². The summed E-state index contributed by atoms with van der Waals surface area (Å²) < 4.78 is 0. The largest absolute Gasteiger partial charge is 0.480 e. The minimum absolute atomic E-state index is 0.0770. The molecule has 25 heavy (non-hydrogen) atoms. The molecule has 0 radical (unpaired) electrons. The molecular formula is C18H26ClN3O3. The molecule has 0 saturated carbocycles. The van der Waals surface area contributed by atoms with Crippen LogP contribution >= 0.6 is 11.6 Å². The van der Waals surface area contributed by atoms with Crippen molar-refractivity contribution in [1.29, 1.82) is 0 Å². The van der Waals surface area contributed by atoms with Crippen LogP contribution in [-0.4, -0.2) is 65.5 Å². The number of benzene rings is 1. The van der Waals surface area contributed by atoms with Gasteiger partial charge in [-0.25, -0.2) is 0 Å². The number of carboxylic acids is 1. The number of carboxylic acid groups (broad SMARTS) is 1. The number of aliphatic carboxylic acids is 1. The molecule has 2 rings (SSSR count). The van der Waals surface area contributed by atoms with Gasteiger partial charge in [-0.2, -0.15) is 0 Å². The molecule has 0 aliphatic carbocycles. The van der Waals surface area contributed by atoms with Gasteiger partial charge in [-0.05, 0) is 44.0 Å². The molecule has 7 heteroatoms. The standard InChI is InChI=1S/C18H26ClN3O3/c1-3-22(12-18(24)25)14-6-8-21(9-7-14)11-17(23)20-16-5-4-13(2)10-15(16)19/h4-5,10,14H,3,6-9,11-12H2,1-2H3,(H,20,23)(H,24,25). The normalized spacial score (nSPS) is 16.2. The molecule has 1 aromatic rings. The summed E-state index contributed by atoms with van der Waals surface area (Å²) in [7, 11) is 0. The van der Waals surface area contributed by atoms with Crippen molar-refractivity contribution in [2.75, 3.05) is 38.0 Å². The van der Waals surface area contributed by atoms with Crippen LogP contribution in [0.1, 0.15) is 25.3 Å². The maximum Gasteiger partial charge on any atom is 0.317 e. The molecule has 1 heterocycles. The molecule has 1 amide bonds. The van der Waals surface area contributed by atoms with Crippen molar-refractivity contribution in [1.82, 2.24) is 9.80 Å². The first kappa shape index (κ1) is 19.7. The number of likely N-dealkylation sites (tertiary alicyclic amines) is 1. The predicted molar refractivity (Wildman–Crippen MR) is 99.2 cm³/mol. The Morgan fingerprint density at radius 1 is 1.36 bits per heavy atom. The molecular weight excluding hydrogens is 342 g/mol. The first-order chi connectivity index (χ1) is 11.9. The summed E-state index contributed by atoms with van der Waals surface area (Å²) in [4.78, 5) is 27.3. The van der Waals surface area contributed by atoms with E-state index >= 15 is 0 Å². The molecule has 1 aliphatic heterocycles. The minimum atomic E-state index is -0.793. The van der Waals surface area contributed by atoms with Crippen molar-refractivity contribution >= 4 is 29.2 Å². The number of piperidine rings is 1. The number of carbonyl (C=O) groups excluding carboxylic acids is 1. The number of amides is 1. The van der Waals surface area contributed by atoms with Crippen LogP contribution in [0.25, 0.3) is 0 Å². The quantitative estimate of drug-likeness (QED) is 0.774. The van der Waals surface area contributed by atoms with Crippen molar-refractivity contribution < 1.29 is 14.7 Å². The number of nitrogens with one attached hydrogen (secondary N) is 1. The lowest BCUT2D eigenvalue weighted by molar-refractivity contribution is -0.139. The van der Waals surface area contributed by atoms with Gasteiger partial charge in [0.05, 0.1) is 23.8 Å². The Morgan fingerprint density at radius 3 is 2.60 bits per heavy atom. The number of rotatable bonds is 7. The number of halogens is 1. The minimum Gasteiger partial charge on any atom is -0.480 e. The van der Waals surface area contributed by atoms with Gasteiger partial charge in [0, 0.05) is 19.1 Å². The fourth-order valence-corrected chi connectivity index (χ4v) is 3.51. The molecule has 1 saturated heterocycles. The molecule has 1 aliphatic rings. The Bertz CT molecular complexity index is 616. The second kappa shape index (κ2) is 9.17. The number of hydrogen-bond donors (Lipinski definition) is 2. The summed E-state index contributed by atoms with van der Waals surface area (Å²) in [6.07, 6.45) is 1.75. The molecule has 0 atom stereocenters. The smallest absolute Gasteiger partial charge is 0.317 e. The van der Waals surface area contributed by atoms with Gasteiger partial charge < -0.3 is 10.4 Å².